The molecule has 0 saturated carbocycles. The fourth-order valence-electron chi connectivity index (χ4n) is 1.62. The van der Waals surface area contributed by atoms with Crippen LogP contribution >= 0.6 is 0 Å². The molecule has 0 spiro atoms. The maximum Gasteiger partial charge on any atom is 0.251 e. The Morgan fingerprint density at radius 2 is 2.05 bits per heavy atom. The van der Waals surface area contributed by atoms with Crippen LogP contribution in [0.25, 0.3) is 0 Å². The maximum atomic E-state index is 11.8. The summed E-state index contributed by atoms with van der Waals surface area (Å²) in [5, 5.41) is 5.25. The zero-order valence-electron chi connectivity index (χ0n) is 12.6. The summed E-state index contributed by atoms with van der Waals surface area (Å²) in [4.78, 5) is 23.4. The highest BCUT2D eigenvalue weighted by atomic mass is 16.5. The molecule has 0 atom stereocenters. The smallest absolute Gasteiger partial charge is 0.251 e. The van der Waals surface area contributed by atoms with E-state index >= 15 is 0 Å². The number of carbonyl (C=O) groups is 2. The molecule has 2 N–H and O–H groups in total. The van der Waals surface area contributed by atoms with Gasteiger partial charge in [-0.1, -0.05) is 29.8 Å². The molecule has 0 saturated heterocycles. The summed E-state index contributed by atoms with van der Waals surface area (Å²) in [7, 11) is 0. The van der Waals surface area contributed by atoms with Gasteiger partial charge in [-0.05, 0) is 26.0 Å². The fraction of sp³-hybridized carbons (Fsp3) is 0.375. The molecule has 1 aromatic carbocycles. The van der Waals surface area contributed by atoms with Crippen molar-refractivity contribution in [2.24, 2.45) is 0 Å². The number of carbonyl (C=O) groups excluding carboxylic acids is 2. The third kappa shape index (κ3) is 7.27. The lowest BCUT2D eigenvalue weighted by molar-refractivity contribution is -0.120. The topological polar surface area (TPSA) is 67.4 Å². The van der Waals surface area contributed by atoms with Crippen LogP contribution < -0.4 is 10.6 Å². The summed E-state index contributed by atoms with van der Waals surface area (Å²) in [5.74, 6) is -0.498. The molecule has 0 radical (unpaired) electrons. The summed E-state index contributed by atoms with van der Waals surface area (Å²) in [6.45, 7) is 8.77. The van der Waals surface area contributed by atoms with Gasteiger partial charge in [0.1, 0.15) is 0 Å². The lowest BCUT2D eigenvalue weighted by Gasteiger charge is -2.08. The number of rotatable bonds is 8. The van der Waals surface area contributed by atoms with Crippen LogP contribution in [0.1, 0.15) is 22.8 Å². The molecule has 0 aliphatic carbocycles. The highest BCUT2D eigenvalue weighted by Gasteiger charge is 2.07. The fourth-order valence-corrected chi connectivity index (χ4v) is 1.62. The second-order valence-corrected chi connectivity index (χ2v) is 4.91. The summed E-state index contributed by atoms with van der Waals surface area (Å²) in [5.41, 5.74) is 2.49. The molecular formula is C16H22N2O3. The lowest BCUT2D eigenvalue weighted by Crippen LogP contribution is -2.38. The molecule has 1 aromatic rings. The Morgan fingerprint density at radius 3 is 2.71 bits per heavy atom. The molecule has 0 aliphatic heterocycles. The van der Waals surface area contributed by atoms with E-state index < -0.39 is 0 Å². The highest BCUT2D eigenvalue weighted by Crippen LogP contribution is 2.03. The van der Waals surface area contributed by atoms with Crippen LogP contribution in [0.5, 0.6) is 0 Å². The number of hydrogen-bond donors (Lipinski definition) is 2. The van der Waals surface area contributed by atoms with Crippen molar-refractivity contribution in [2.75, 3.05) is 26.3 Å². The molecule has 0 aliphatic rings. The van der Waals surface area contributed by atoms with Crippen molar-refractivity contribution in [3.8, 4) is 0 Å². The van der Waals surface area contributed by atoms with Gasteiger partial charge in [0, 0.05) is 12.1 Å². The van der Waals surface area contributed by atoms with Crippen molar-refractivity contribution in [3.05, 3.63) is 47.5 Å². The van der Waals surface area contributed by atoms with Crippen LogP contribution in [-0.2, 0) is 9.53 Å². The lowest BCUT2D eigenvalue weighted by atomic mass is 10.1. The van der Waals surface area contributed by atoms with Gasteiger partial charge in [0.05, 0.1) is 19.8 Å². The molecule has 2 amide bonds. The van der Waals surface area contributed by atoms with E-state index in [1.54, 1.807) is 12.1 Å². The zero-order valence-corrected chi connectivity index (χ0v) is 12.6. The predicted molar refractivity (Wildman–Crippen MR) is 82.2 cm³/mol. The monoisotopic (exact) mass is 290 g/mol. The standard InChI is InChI=1S/C16H22N2O3/c1-12(2)11-21-8-7-17-15(19)10-18-16(20)14-6-4-5-13(3)9-14/h4-6,9H,1,7-8,10-11H2,2-3H3,(H,17,19)(H,18,20). The van der Waals surface area contributed by atoms with Crippen LogP contribution in [0.3, 0.4) is 0 Å². The van der Waals surface area contributed by atoms with Crippen molar-refractivity contribution < 1.29 is 14.3 Å². The highest BCUT2D eigenvalue weighted by molar-refractivity contribution is 5.96. The van der Waals surface area contributed by atoms with E-state index in [-0.39, 0.29) is 18.4 Å². The normalized spacial score (nSPS) is 10.0. The zero-order chi connectivity index (χ0) is 15.7. The number of aryl methyl sites for hydroxylation is 1. The van der Waals surface area contributed by atoms with Gasteiger partial charge in [-0.25, -0.2) is 0 Å². The van der Waals surface area contributed by atoms with Gasteiger partial charge in [-0.2, -0.15) is 0 Å². The SMILES string of the molecule is C=C(C)COCCNC(=O)CNC(=O)c1cccc(C)c1. The largest absolute Gasteiger partial charge is 0.375 e. The number of hydrogen-bond acceptors (Lipinski definition) is 3. The van der Waals surface area contributed by atoms with E-state index in [0.717, 1.165) is 11.1 Å². The van der Waals surface area contributed by atoms with Crippen molar-refractivity contribution in [1.29, 1.82) is 0 Å². The Morgan fingerprint density at radius 1 is 1.29 bits per heavy atom. The minimum absolute atomic E-state index is 0.0484. The van der Waals surface area contributed by atoms with Crippen molar-refractivity contribution in [3.63, 3.8) is 0 Å². The van der Waals surface area contributed by atoms with E-state index in [1.165, 1.54) is 0 Å². The molecule has 5 nitrogen and oxygen atoms in total. The first kappa shape index (κ1) is 16.9. The molecule has 0 bridgehead atoms. The Bertz CT molecular complexity index is 512. The minimum atomic E-state index is -0.257. The molecule has 0 unspecified atom stereocenters. The summed E-state index contributed by atoms with van der Waals surface area (Å²) >= 11 is 0. The van der Waals surface area contributed by atoms with Crippen LogP contribution in [0.2, 0.25) is 0 Å². The summed E-state index contributed by atoms with van der Waals surface area (Å²) in [6, 6.07) is 7.21. The average Bonchev–Trinajstić information content (AvgIpc) is 2.44. The average molecular weight is 290 g/mol. The number of amides is 2. The quantitative estimate of drug-likeness (QED) is 0.562. The second kappa shape index (κ2) is 8.92. The first-order chi connectivity index (χ1) is 9.99. The summed E-state index contributed by atoms with van der Waals surface area (Å²) in [6.07, 6.45) is 0. The molecule has 1 rings (SSSR count). The van der Waals surface area contributed by atoms with Crippen LogP contribution in [0.15, 0.2) is 36.4 Å². The molecular weight excluding hydrogens is 268 g/mol. The van der Waals surface area contributed by atoms with E-state index in [2.05, 4.69) is 17.2 Å². The van der Waals surface area contributed by atoms with Gasteiger partial charge in [-0.3, -0.25) is 9.59 Å². The van der Waals surface area contributed by atoms with E-state index in [1.807, 2.05) is 26.0 Å². The van der Waals surface area contributed by atoms with Crippen LogP contribution in [0, 0.1) is 6.92 Å². The molecule has 114 valence electrons. The molecule has 0 aromatic heterocycles. The van der Waals surface area contributed by atoms with Crippen molar-refractivity contribution >= 4 is 11.8 Å². The van der Waals surface area contributed by atoms with Crippen molar-refractivity contribution in [1.82, 2.24) is 10.6 Å². The molecule has 0 fully saturated rings. The van der Waals surface area contributed by atoms with Gasteiger partial charge in [0.25, 0.3) is 5.91 Å². The predicted octanol–water partition coefficient (Wildman–Crippen LogP) is 1.43. The first-order valence-corrected chi connectivity index (χ1v) is 6.82. The number of ether oxygens (including phenoxy) is 1. The number of benzene rings is 1. The van der Waals surface area contributed by atoms with Crippen molar-refractivity contribution in [2.45, 2.75) is 13.8 Å². The second-order valence-electron chi connectivity index (χ2n) is 4.91. The maximum absolute atomic E-state index is 11.8. The third-order valence-electron chi connectivity index (χ3n) is 2.61. The molecule has 21 heavy (non-hydrogen) atoms. The van der Waals surface area contributed by atoms with E-state index in [9.17, 15) is 9.59 Å². The van der Waals surface area contributed by atoms with Crippen LogP contribution in [0.4, 0.5) is 0 Å². The van der Waals surface area contributed by atoms with Gasteiger partial charge in [0.15, 0.2) is 0 Å². The van der Waals surface area contributed by atoms with Gasteiger partial charge in [-0.15, -0.1) is 0 Å². The molecule has 0 heterocycles. The minimum Gasteiger partial charge on any atom is -0.375 e. The Hall–Kier alpha value is -2.14. The Balaban J connectivity index is 2.21. The first-order valence-electron chi connectivity index (χ1n) is 6.82. The van der Waals surface area contributed by atoms with Gasteiger partial charge < -0.3 is 15.4 Å². The van der Waals surface area contributed by atoms with E-state index in [4.69, 9.17) is 4.74 Å². The van der Waals surface area contributed by atoms with Gasteiger partial charge >= 0.3 is 0 Å². The van der Waals surface area contributed by atoms with Crippen LogP contribution in [-0.4, -0.2) is 38.1 Å². The summed E-state index contributed by atoms with van der Waals surface area (Å²) < 4.78 is 5.25. The van der Waals surface area contributed by atoms with E-state index in [0.29, 0.717) is 25.3 Å². The Kier molecular flexibility index (Phi) is 7.18. The number of nitrogens with one attached hydrogen (secondary N) is 2. The molecule has 5 heteroatoms. The van der Waals surface area contributed by atoms with Gasteiger partial charge in [0.2, 0.25) is 5.91 Å². The Labute approximate surface area is 125 Å². The third-order valence-corrected chi connectivity index (χ3v) is 2.61.